The molecule has 0 unspecified atom stereocenters. The first kappa shape index (κ1) is 18.3. The lowest BCUT2D eigenvalue weighted by atomic mass is 10.1. The Kier molecular flexibility index (Phi) is 5.16. The van der Waals surface area contributed by atoms with E-state index >= 15 is 0 Å². The van der Waals surface area contributed by atoms with Crippen LogP contribution in [0.4, 0.5) is 17.3 Å². The molecule has 2 aromatic heterocycles. The summed E-state index contributed by atoms with van der Waals surface area (Å²) in [7, 11) is 1.69. The molecule has 1 aromatic carbocycles. The minimum atomic E-state index is 0.554. The molecule has 0 radical (unpaired) electrons. The van der Waals surface area contributed by atoms with E-state index in [0.717, 1.165) is 60.4 Å². The summed E-state index contributed by atoms with van der Waals surface area (Å²) in [6.45, 7) is 7.33. The van der Waals surface area contributed by atoms with Crippen molar-refractivity contribution in [2.75, 3.05) is 43.6 Å². The second-order valence-corrected chi connectivity index (χ2v) is 6.85. The van der Waals surface area contributed by atoms with Crippen LogP contribution >= 0.6 is 0 Å². The number of nitrogens with zero attached hydrogens (tertiary/aromatic N) is 3. The molecule has 1 fully saturated rings. The van der Waals surface area contributed by atoms with E-state index in [0.29, 0.717) is 5.95 Å². The Morgan fingerprint density at radius 2 is 2.00 bits per heavy atom. The molecule has 1 aliphatic rings. The number of aromatic nitrogens is 3. The second-order valence-electron chi connectivity index (χ2n) is 6.85. The fourth-order valence-corrected chi connectivity index (χ4v) is 3.56. The highest BCUT2D eigenvalue weighted by Crippen LogP contribution is 2.33. The van der Waals surface area contributed by atoms with Crippen LogP contribution in [0.1, 0.15) is 11.3 Å². The third-order valence-electron chi connectivity index (χ3n) is 4.97. The van der Waals surface area contributed by atoms with Crippen molar-refractivity contribution in [1.29, 1.82) is 0 Å². The topological polar surface area (TPSA) is 75.3 Å². The molecule has 7 nitrogen and oxygen atoms in total. The monoisotopic (exact) mass is 379 g/mol. The van der Waals surface area contributed by atoms with Gasteiger partial charge >= 0.3 is 0 Å². The van der Waals surface area contributed by atoms with Crippen LogP contribution in [0.25, 0.3) is 11.3 Å². The first-order chi connectivity index (χ1) is 13.7. The first-order valence-electron chi connectivity index (χ1n) is 9.41. The molecular weight excluding hydrogens is 354 g/mol. The minimum absolute atomic E-state index is 0.554. The van der Waals surface area contributed by atoms with Crippen LogP contribution < -0.4 is 15.0 Å². The lowest BCUT2D eigenvalue weighted by Crippen LogP contribution is -2.36. The quantitative estimate of drug-likeness (QED) is 0.704. The Morgan fingerprint density at radius 1 is 1.18 bits per heavy atom. The number of hydrogen-bond donors (Lipinski definition) is 2. The third-order valence-corrected chi connectivity index (χ3v) is 4.97. The Balaban J connectivity index is 1.58. The average Bonchev–Trinajstić information content (AvgIpc) is 3.07. The van der Waals surface area contributed by atoms with E-state index in [-0.39, 0.29) is 0 Å². The predicted octanol–water partition coefficient (Wildman–Crippen LogP) is 3.68. The number of nitrogens with one attached hydrogen (secondary N) is 2. The largest absolute Gasteiger partial charge is 0.495 e. The zero-order valence-electron chi connectivity index (χ0n) is 16.5. The van der Waals surface area contributed by atoms with Gasteiger partial charge in [0.15, 0.2) is 0 Å². The number of aromatic amines is 1. The van der Waals surface area contributed by atoms with Gasteiger partial charge in [0.05, 0.1) is 31.7 Å². The third kappa shape index (κ3) is 3.66. The van der Waals surface area contributed by atoms with E-state index < -0.39 is 0 Å². The van der Waals surface area contributed by atoms with Gasteiger partial charge in [-0.1, -0.05) is 0 Å². The van der Waals surface area contributed by atoms with Gasteiger partial charge < -0.3 is 24.7 Å². The molecule has 0 aliphatic carbocycles. The maximum Gasteiger partial charge on any atom is 0.227 e. The van der Waals surface area contributed by atoms with E-state index in [9.17, 15) is 0 Å². The Morgan fingerprint density at radius 3 is 2.71 bits per heavy atom. The summed E-state index contributed by atoms with van der Waals surface area (Å²) in [5.41, 5.74) is 6.23. The molecule has 2 N–H and O–H groups in total. The molecule has 146 valence electrons. The van der Waals surface area contributed by atoms with Crippen LogP contribution in [0.2, 0.25) is 0 Å². The molecule has 7 heteroatoms. The van der Waals surface area contributed by atoms with E-state index in [1.165, 1.54) is 5.56 Å². The summed E-state index contributed by atoms with van der Waals surface area (Å²) >= 11 is 0. The van der Waals surface area contributed by atoms with Crippen molar-refractivity contribution >= 4 is 17.3 Å². The number of hydrogen-bond acceptors (Lipinski definition) is 6. The predicted molar refractivity (Wildman–Crippen MR) is 111 cm³/mol. The van der Waals surface area contributed by atoms with Crippen LogP contribution in [0, 0.1) is 13.8 Å². The van der Waals surface area contributed by atoms with Crippen LogP contribution in [0.15, 0.2) is 36.7 Å². The number of aryl methyl sites for hydroxylation is 2. The SMILES string of the molecule is COc1cc(Nc2nccc(-c3c(C)c[nH]c3C)n2)ccc1N1CCOCC1. The Labute approximate surface area is 164 Å². The van der Waals surface area contributed by atoms with Gasteiger partial charge in [-0.25, -0.2) is 9.97 Å². The summed E-state index contributed by atoms with van der Waals surface area (Å²) in [6.07, 6.45) is 3.77. The second kappa shape index (κ2) is 7.90. The maximum absolute atomic E-state index is 5.62. The van der Waals surface area contributed by atoms with Crippen molar-refractivity contribution in [3.8, 4) is 17.0 Å². The highest BCUT2D eigenvalue weighted by atomic mass is 16.5. The lowest BCUT2D eigenvalue weighted by Gasteiger charge is -2.30. The molecule has 1 saturated heterocycles. The average molecular weight is 379 g/mol. The summed E-state index contributed by atoms with van der Waals surface area (Å²) < 4.78 is 11.1. The molecule has 4 rings (SSSR count). The number of anilines is 3. The Bertz CT molecular complexity index is 944. The number of morpholine rings is 1. The van der Waals surface area contributed by atoms with Crippen molar-refractivity contribution < 1.29 is 9.47 Å². The smallest absolute Gasteiger partial charge is 0.227 e. The van der Waals surface area contributed by atoms with Crippen molar-refractivity contribution in [1.82, 2.24) is 15.0 Å². The van der Waals surface area contributed by atoms with Gasteiger partial charge in [-0.05, 0) is 37.6 Å². The molecule has 3 aromatic rings. The molecule has 0 atom stereocenters. The molecule has 0 saturated carbocycles. The van der Waals surface area contributed by atoms with Gasteiger partial charge in [0, 0.05) is 48.5 Å². The zero-order chi connectivity index (χ0) is 19.5. The maximum atomic E-state index is 5.62. The summed E-state index contributed by atoms with van der Waals surface area (Å²) in [5, 5.41) is 3.29. The molecule has 3 heterocycles. The number of H-pyrrole nitrogens is 1. The lowest BCUT2D eigenvalue weighted by molar-refractivity contribution is 0.122. The fraction of sp³-hybridized carbons (Fsp3) is 0.333. The Hall–Kier alpha value is -3.06. The standard InChI is InChI=1S/C21H25N5O2/c1-14-13-23-15(2)20(14)17-6-7-22-21(25-17)24-16-4-5-18(19(12-16)27-3)26-8-10-28-11-9-26/h4-7,12-13,23H,8-11H2,1-3H3,(H,22,24,25). The normalized spacial score (nSPS) is 14.2. The van der Waals surface area contributed by atoms with Crippen molar-refractivity contribution in [3.63, 3.8) is 0 Å². The minimum Gasteiger partial charge on any atom is -0.495 e. The molecular formula is C21H25N5O2. The van der Waals surface area contributed by atoms with E-state index in [1.54, 1.807) is 13.3 Å². The molecule has 0 amide bonds. The highest BCUT2D eigenvalue weighted by Gasteiger charge is 2.16. The fourth-order valence-electron chi connectivity index (χ4n) is 3.56. The highest BCUT2D eigenvalue weighted by molar-refractivity contribution is 5.70. The van der Waals surface area contributed by atoms with Crippen LogP contribution in [-0.2, 0) is 4.74 Å². The van der Waals surface area contributed by atoms with Crippen LogP contribution in [0.3, 0.4) is 0 Å². The van der Waals surface area contributed by atoms with Gasteiger partial charge in [-0.2, -0.15) is 0 Å². The number of benzene rings is 1. The molecule has 1 aliphatic heterocycles. The van der Waals surface area contributed by atoms with Gasteiger partial charge in [-0.15, -0.1) is 0 Å². The van der Waals surface area contributed by atoms with Gasteiger partial charge in [0.1, 0.15) is 5.75 Å². The number of methoxy groups -OCH3 is 1. The van der Waals surface area contributed by atoms with Gasteiger partial charge in [-0.3, -0.25) is 0 Å². The van der Waals surface area contributed by atoms with Crippen molar-refractivity contribution in [3.05, 3.63) is 47.9 Å². The van der Waals surface area contributed by atoms with Crippen LogP contribution in [0.5, 0.6) is 5.75 Å². The van der Waals surface area contributed by atoms with Crippen LogP contribution in [-0.4, -0.2) is 48.4 Å². The van der Waals surface area contributed by atoms with E-state index in [4.69, 9.17) is 9.47 Å². The molecule has 0 spiro atoms. The molecule has 28 heavy (non-hydrogen) atoms. The summed E-state index contributed by atoms with van der Waals surface area (Å²) in [5.74, 6) is 1.37. The summed E-state index contributed by atoms with van der Waals surface area (Å²) in [6, 6.07) is 8.00. The molecule has 0 bridgehead atoms. The number of ether oxygens (including phenoxy) is 2. The number of rotatable bonds is 5. The summed E-state index contributed by atoms with van der Waals surface area (Å²) in [4.78, 5) is 14.6. The van der Waals surface area contributed by atoms with Crippen molar-refractivity contribution in [2.24, 2.45) is 0 Å². The first-order valence-corrected chi connectivity index (χ1v) is 9.41. The van der Waals surface area contributed by atoms with Gasteiger partial charge in [0.2, 0.25) is 5.95 Å². The zero-order valence-corrected chi connectivity index (χ0v) is 16.5. The van der Waals surface area contributed by atoms with Crippen molar-refractivity contribution in [2.45, 2.75) is 13.8 Å². The van der Waals surface area contributed by atoms with E-state index in [2.05, 4.69) is 38.2 Å². The van der Waals surface area contributed by atoms with Gasteiger partial charge in [0.25, 0.3) is 0 Å². The van der Waals surface area contributed by atoms with E-state index in [1.807, 2.05) is 31.3 Å².